The fourth-order valence-corrected chi connectivity index (χ4v) is 4.04. The molecular formula is C22H23FN2O3S. The molecular weight excluding hydrogens is 391 g/mol. The van der Waals surface area contributed by atoms with Crippen LogP contribution in [0, 0.1) is 19.7 Å². The zero-order valence-electron chi connectivity index (χ0n) is 16.5. The summed E-state index contributed by atoms with van der Waals surface area (Å²) < 4.78 is 18.4. The molecule has 0 fully saturated rings. The Kier molecular flexibility index (Phi) is 6.59. The van der Waals surface area contributed by atoms with E-state index in [2.05, 4.69) is 10.6 Å². The van der Waals surface area contributed by atoms with E-state index in [-0.39, 0.29) is 18.5 Å². The van der Waals surface area contributed by atoms with E-state index in [9.17, 15) is 14.0 Å². The van der Waals surface area contributed by atoms with Crippen molar-refractivity contribution < 1.29 is 18.7 Å². The first-order valence-corrected chi connectivity index (χ1v) is 10.3. The van der Waals surface area contributed by atoms with Gasteiger partial charge in [0.1, 0.15) is 5.82 Å². The number of urea groups is 1. The van der Waals surface area contributed by atoms with Crippen LogP contribution in [0.25, 0.3) is 0 Å². The first-order chi connectivity index (χ1) is 13.9. The summed E-state index contributed by atoms with van der Waals surface area (Å²) in [7, 11) is 0. The zero-order valence-corrected chi connectivity index (χ0v) is 17.4. The lowest BCUT2D eigenvalue weighted by Gasteiger charge is -2.30. The first-order valence-electron chi connectivity index (χ1n) is 9.32. The Morgan fingerprint density at radius 2 is 1.90 bits per heavy atom. The summed E-state index contributed by atoms with van der Waals surface area (Å²) in [5.41, 5.74) is 3.73. The highest BCUT2D eigenvalue weighted by Gasteiger charge is 2.34. The third-order valence-electron chi connectivity index (χ3n) is 4.59. The Labute approximate surface area is 173 Å². The summed E-state index contributed by atoms with van der Waals surface area (Å²) in [6.45, 7) is 5.88. The van der Waals surface area contributed by atoms with Crippen molar-refractivity contribution in [3.8, 4) is 0 Å². The molecule has 0 unspecified atom stereocenters. The number of ether oxygens (including phenoxy) is 1. The first kappa shape index (κ1) is 20.9. The van der Waals surface area contributed by atoms with Crippen LogP contribution in [0.15, 0.2) is 58.6 Å². The van der Waals surface area contributed by atoms with Crippen molar-refractivity contribution >= 4 is 23.8 Å². The summed E-state index contributed by atoms with van der Waals surface area (Å²) in [5, 5.41) is 5.61. The fraction of sp³-hybridized carbons (Fsp3) is 0.273. The highest BCUT2D eigenvalue weighted by molar-refractivity contribution is 7.99. The number of thioether (sulfide) groups is 1. The van der Waals surface area contributed by atoms with Gasteiger partial charge in [-0.05, 0) is 56.2 Å². The molecule has 1 aliphatic heterocycles. The standard InChI is InChI=1S/C22H23FN2O3S/c1-4-28-21(26)19-18(12-29-16-9-7-15(23)8-10-16)24-22(27)25-20(19)17-11-13(2)5-6-14(17)3/h5-11,20H,4,12H2,1-3H3,(H2,24,25,27)/t20-/m0/s1. The molecule has 0 saturated carbocycles. The maximum absolute atomic E-state index is 13.1. The van der Waals surface area contributed by atoms with Crippen LogP contribution < -0.4 is 10.6 Å². The number of hydrogen-bond acceptors (Lipinski definition) is 4. The summed E-state index contributed by atoms with van der Waals surface area (Å²) >= 11 is 1.41. The number of carbonyl (C=O) groups is 2. The summed E-state index contributed by atoms with van der Waals surface area (Å²) in [4.78, 5) is 26.0. The van der Waals surface area contributed by atoms with E-state index in [0.717, 1.165) is 21.6 Å². The van der Waals surface area contributed by atoms with Gasteiger partial charge < -0.3 is 15.4 Å². The summed E-state index contributed by atoms with van der Waals surface area (Å²) in [6.07, 6.45) is 0. The van der Waals surface area contributed by atoms with Gasteiger partial charge in [0.25, 0.3) is 0 Å². The average Bonchev–Trinajstić information content (AvgIpc) is 2.69. The van der Waals surface area contributed by atoms with Crippen LogP contribution in [0.4, 0.5) is 9.18 Å². The number of benzene rings is 2. The third-order valence-corrected chi connectivity index (χ3v) is 5.63. The maximum atomic E-state index is 13.1. The number of nitrogens with one attached hydrogen (secondary N) is 2. The van der Waals surface area contributed by atoms with Crippen molar-refractivity contribution in [1.82, 2.24) is 10.6 Å². The van der Waals surface area contributed by atoms with Gasteiger partial charge in [0.15, 0.2) is 0 Å². The number of carbonyl (C=O) groups excluding carboxylic acids is 2. The lowest BCUT2D eigenvalue weighted by atomic mass is 9.91. The molecule has 5 nitrogen and oxygen atoms in total. The van der Waals surface area contributed by atoms with Crippen molar-refractivity contribution in [1.29, 1.82) is 0 Å². The second-order valence-electron chi connectivity index (χ2n) is 6.75. The normalized spacial score (nSPS) is 16.3. The summed E-state index contributed by atoms with van der Waals surface area (Å²) in [5.74, 6) is -0.444. The minimum Gasteiger partial charge on any atom is -0.463 e. The molecule has 2 aromatic rings. The number of rotatable bonds is 6. The van der Waals surface area contributed by atoms with Crippen LogP contribution >= 0.6 is 11.8 Å². The predicted molar refractivity (Wildman–Crippen MR) is 111 cm³/mol. The quantitative estimate of drug-likeness (QED) is 0.543. The van der Waals surface area contributed by atoms with E-state index in [4.69, 9.17) is 4.74 Å². The predicted octanol–water partition coefficient (Wildman–Crippen LogP) is 4.41. The average molecular weight is 415 g/mol. The molecule has 0 aliphatic carbocycles. The minimum atomic E-state index is -0.605. The molecule has 29 heavy (non-hydrogen) atoms. The highest BCUT2D eigenvalue weighted by atomic mass is 32.2. The molecule has 0 saturated heterocycles. The smallest absolute Gasteiger partial charge is 0.338 e. The van der Waals surface area contributed by atoms with Crippen molar-refractivity contribution in [2.45, 2.75) is 31.7 Å². The highest BCUT2D eigenvalue weighted by Crippen LogP contribution is 2.32. The maximum Gasteiger partial charge on any atom is 0.338 e. The lowest BCUT2D eigenvalue weighted by molar-refractivity contribution is -0.139. The summed E-state index contributed by atoms with van der Waals surface area (Å²) in [6, 6.07) is 11.0. The van der Waals surface area contributed by atoms with E-state index in [1.807, 2.05) is 32.0 Å². The molecule has 152 valence electrons. The van der Waals surface area contributed by atoms with Crippen LogP contribution in [0.2, 0.25) is 0 Å². The molecule has 2 N–H and O–H groups in total. The van der Waals surface area contributed by atoms with Crippen molar-refractivity contribution in [2.24, 2.45) is 0 Å². The lowest BCUT2D eigenvalue weighted by Crippen LogP contribution is -2.46. The number of esters is 1. The third kappa shape index (κ3) is 4.98. The topological polar surface area (TPSA) is 67.4 Å². The SMILES string of the molecule is CCOC(=O)C1=C(CSc2ccc(F)cc2)NC(=O)N[C@H]1c1cc(C)ccc1C. The van der Waals surface area contributed by atoms with Crippen LogP contribution in [0.3, 0.4) is 0 Å². The molecule has 0 spiro atoms. The van der Waals surface area contributed by atoms with Crippen LogP contribution in [0.1, 0.15) is 29.7 Å². The number of hydrogen-bond donors (Lipinski definition) is 2. The molecule has 1 heterocycles. The van der Waals surface area contributed by atoms with Crippen LogP contribution in [-0.2, 0) is 9.53 Å². The minimum absolute atomic E-state index is 0.230. The Hall–Kier alpha value is -2.80. The van der Waals surface area contributed by atoms with E-state index < -0.39 is 12.0 Å². The molecule has 2 amide bonds. The molecule has 0 radical (unpaired) electrons. The fourth-order valence-electron chi connectivity index (χ4n) is 3.17. The molecule has 3 rings (SSSR count). The number of aryl methyl sites for hydroxylation is 2. The van der Waals surface area contributed by atoms with Gasteiger partial charge in [0, 0.05) is 16.3 Å². The second kappa shape index (κ2) is 9.13. The molecule has 2 aromatic carbocycles. The molecule has 1 aliphatic rings. The van der Waals surface area contributed by atoms with Gasteiger partial charge in [-0.15, -0.1) is 11.8 Å². The molecule has 7 heteroatoms. The Morgan fingerprint density at radius 1 is 1.17 bits per heavy atom. The van der Waals surface area contributed by atoms with Gasteiger partial charge in [0.2, 0.25) is 0 Å². The van der Waals surface area contributed by atoms with Crippen LogP contribution in [0.5, 0.6) is 0 Å². The van der Waals surface area contributed by atoms with Gasteiger partial charge >= 0.3 is 12.0 Å². The van der Waals surface area contributed by atoms with Gasteiger partial charge in [0.05, 0.1) is 18.2 Å². The number of halogens is 1. The van der Waals surface area contributed by atoms with Crippen molar-refractivity contribution in [2.75, 3.05) is 12.4 Å². The Morgan fingerprint density at radius 3 is 2.59 bits per heavy atom. The van der Waals surface area contributed by atoms with Gasteiger partial charge in [-0.3, -0.25) is 0 Å². The second-order valence-corrected chi connectivity index (χ2v) is 7.80. The van der Waals surface area contributed by atoms with E-state index in [1.165, 1.54) is 23.9 Å². The zero-order chi connectivity index (χ0) is 21.0. The van der Waals surface area contributed by atoms with E-state index in [0.29, 0.717) is 17.0 Å². The van der Waals surface area contributed by atoms with E-state index in [1.54, 1.807) is 19.1 Å². The van der Waals surface area contributed by atoms with Gasteiger partial charge in [-0.2, -0.15) is 0 Å². The van der Waals surface area contributed by atoms with E-state index >= 15 is 0 Å². The Balaban J connectivity index is 2.00. The van der Waals surface area contributed by atoms with Gasteiger partial charge in [-0.25, -0.2) is 14.0 Å². The largest absolute Gasteiger partial charge is 0.463 e. The molecule has 0 aromatic heterocycles. The Bertz CT molecular complexity index is 957. The van der Waals surface area contributed by atoms with Gasteiger partial charge in [-0.1, -0.05) is 23.8 Å². The monoisotopic (exact) mass is 414 g/mol. The van der Waals surface area contributed by atoms with Crippen molar-refractivity contribution in [3.63, 3.8) is 0 Å². The number of amides is 2. The van der Waals surface area contributed by atoms with Crippen molar-refractivity contribution in [3.05, 3.63) is 76.2 Å². The molecule has 1 atom stereocenters. The molecule has 0 bridgehead atoms. The van der Waals surface area contributed by atoms with Crippen LogP contribution in [-0.4, -0.2) is 24.4 Å².